The summed E-state index contributed by atoms with van der Waals surface area (Å²) in [6, 6.07) is 0.569. The van der Waals surface area contributed by atoms with Crippen molar-refractivity contribution >= 4 is 21.8 Å². The Bertz CT molecular complexity index is 267. The van der Waals surface area contributed by atoms with Gasteiger partial charge < -0.3 is 0 Å². The van der Waals surface area contributed by atoms with Gasteiger partial charge in [0.15, 0.2) is 0 Å². The third-order valence-electron chi connectivity index (χ3n) is 2.80. The van der Waals surface area contributed by atoms with Crippen molar-refractivity contribution in [3.05, 3.63) is 0 Å². The Hall–Kier alpha value is 0.260. The van der Waals surface area contributed by atoms with Crippen LogP contribution in [0.3, 0.4) is 0 Å². The molecule has 2 fully saturated rings. The Labute approximate surface area is 83.9 Å². The molecule has 2 saturated heterocycles. The third-order valence-corrected chi connectivity index (χ3v) is 5.40. The number of nitrogens with zero attached hydrogens (tertiary/aromatic N) is 1. The molecule has 0 aromatic heterocycles. The molecular formula is C8H15NO2S2. The highest BCUT2D eigenvalue weighted by Crippen LogP contribution is 2.34. The summed E-state index contributed by atoms with van der Waals surface area (Å²) in [5.41, 5.74) is 0. The van der Waals surface area contributed by atoms with E-state index in [0.717, 1.165) is 24.3 Å². The largest absolute Gasteiger partial charge is 0.212 e. The zero-order chi connectivity index (χ0) is 9.47. The zero-order valence-corrected chi connectivity index (χ0v) is 9.40. The van der Waals surface area contributed by atoms with Gasteiger partial charge in [-0.25, -0.2) is 8.42 Å². The fraction of sp³-hybridized carbons (Fsp3) is 1.00. The second kappa shape index (κ2) is 3.44. The molecule has 0 aromatic carbocycles. The summed E-state index contributed by atoms with van der Waals surface area (Å²) in [4.78, 5) is 0. The van der Waals surface area contributed by atoms with Crippen LogP contribution in [-0.4, -0.2) is 42.6 Å². The highest BCUT2D eigenvalue weighted by Gasteiger charge is 2.39. The van der Waals surface area contributed by atoms with E-state index in [1.807, 2.05) is 11.8 Å². The van der Waals surface area contributed by atoms with E-state index in [9.17, 15) is 8.42 Å². The van der Waals surface area contributed by atoms with Crippen LogP contribution in [0.4, 0.5) is 0 Å². The van der Waals surface area contributed by atoms with Crippen LogP contribution in [-0.2, 0) is 10.0 Å². The minimum atomic E-state index is -2.97. The smallest absolute Gasteiger partial charge is 0.211 e. The Morgan fingerprint density at radius 1 is 1.23 bits per heavy atom. The van der Waals surface area contributed by atoms with E-state index < -0.39 is 10.0 Å². The lowest BCUT2D eigenvalue weighted by molar-refractivity contribution is 0.204. The van der Waals surface area contributed by atoms with Crippen molar-refractivity contribution in [1.29, 1.82) is 0 Å². The summed E-state index contributed by atoms with van der Waals surface area (Å²) < 4.78 is 24.8. The summed E-state index contributed by atoms with van der Waals surface area (Å²) in [6.45, 7) is 0. The first-order valence-corrected chi connectivity index (χ1v) is 7.65. The molecule has 5 heteroatoms. The molecule has 0 spiro atoms. The number of hydrogen-bond acceptors (Lipinski definition) is 3. The van der Waals surface area contributed by atoms with E-state index in [-0.39, 0.29) is 12.1 Å². The topological polar surface area (TPSA) is 37.4 Å². The van der Waals surface area contributed by atoms with Crippen LogP contribution in [0, 0.1) is 0 Å². The number of rotatable bonds is 1. The Balaban J connectivity index is 2.25. The average molecular weight is 221 g/mol. The predicted octanol–water partition coefficient (Wildman–Crippen LogP) is 0.916. The molecule has 0 N–H and O–H groups in total. The van der Waals surface area contributed by atoms with Crippen molar-refractivity contribution in [3.8, 4) is 0 Å². The molecule has 13 heavy (non-hydrogen) atoms. The molecule has 0 aromatic rings. The summed E-state index contributed by atoms with van der Waals surface area (Å²) in [5.74, 6) is 1.98. The van der Waals surface area contributed by atoms with Crippen LogP contribution in [0.1, 0.15) is 19.3 Å². The second-order valence-corrected chi connectivity index (χ2v) is 6.83. The van der Waals surface area contributed by atoms with Crippen LogP contribution in [0.2, 0.25) is 0 Å². The van der Waals surface area contributed by atoms with Gasteiger partial charge in [-0.2, -0.15) is 16.1 Å². The van der Waals surface area contributed by atoms with Crippen molar-refractivity contribution in [3.63, 3.8) is 0 Å². The highest BCUT2D eigenvalue weighted by atomic mass is 32.2. The molecule has 0 saturated carbocycles. The van der Waals surface area contributed by atoms with Crippen LogP contribution in [0.5, 0.6) is 0 Å². The molecule has 2 bridgehead atoms. The van der Waals surface area contributed by atoms with Gasteiger partial charge in [-0.1, -0.05) is 6.42 Å². The normalized spacial score (nSPS) is 36.1. The van der Waals surface area contributed by atoms with E-state index in [4.69, 9.17) is 0 Å². The monoisotopic (exact) mass is 221 g/mol. The van der Waals surface area contributed by atoms with Gasteiger partial charge in [0.05, 0.1) is 6.26 Å². The number of piperidine rings is 1. The highest BCUT2D eigenvalue weighted by molar-refractivity contribution is 7.99. The SMILES string of the molecule is CS(=O)(=O)N1C2CCCC1CSC2. The molecule has 2 heterocycles. The van der Waals surface area contributed by atoms with Crippen molar-refractivity contribution in [1.82, 2.24) is 4.31 Å². The lowest BCUT2D eigenvalue weighted by atomic mass is 10.0. The van der Waals surface area contributed by atoms with Gasteiger partial charge in [-0.3, -0.25) is 0 Å². The maximum Gasteiger partial charge on any atom is 0.211 e. The number of hydrogen-bond donors (Lipinski definition) is 0. The Kier molecular flexibility index (Phi) is 2.59. The van der Waals surface area contributed by atoms with Gasteiger partial charge in [-0.15, -0.1) is 0 Å². The first-order chi connectivity index (χ1) is 6.09. The summed E-state index contributed by atoms with van der Waals surface area (Å²) in [7, 11) is -2.97. The quantitative estimate of drug-likeness (QED) is 0.660. The molecule has 2 aliphatic rings. The molecular weight excluding hydrogens is 206 g/mol. The zero-order valence-electron chi connectivity index (χ0n) is 7.77. The van der Waals surface area contributed by atoms with Crippen LogP contribution in [0.25, 0.3) is 0 Å². The van der Waals surface area contributed by atoms with E-state index in [1.165, 1.54) is 12.7 Å². The van der Waals surface area contributed by atoms with Gasteiger partial charge in [0, 0.05) is 23.6 Å². The van der Waals surface area contributed by atoms with Gasteiger partial charge in [0.25, 0.3) is 0 Å². The van der Waals surface area contributed by atoms with Crippen molar-refractivity contribution in [2.24, 2.45) is 0 Å². The standard InChI is InChI=1S/C8H15NO2S2/c1-13(10,11)9-7-3-2-4-8(9)6-12-5-7/h7-8H,2-6H2,1H3. The van der Waals surface area contributed by atoms with Gasteiger partial charge in [0.1, 0.15) is 0 Å². The molecule has 3 nitrogen and oxygen atoms in total. The van der Waals surface area contributed by atoms with E-state index in [0.29, 0.717) is 0 Å². The van der Waals surface area contributed by atoms with Crippen molar-refractivity contribution < 1.29 is 8.42 Å². The van der Waals surface area contributed by atoms with Crippen LogP contribution in [0.15, 0.2) is 0 Å². The Morgan fingerprint density at radius 2 is 1.77 bits per heavy atom. The maximum absolute atomic E-state index is 11.5. The van der Waals surface area contributed by atoms with Crippen molar-refractivity contribution in [2.75, 3.05) is 17.8 Å². The first-order valence-electron chi connectivity index (χ1n) is 4.65. The van der Waals surface area contributed by atoms with Gasteiger partial charge >= 0.3 is 0 Å². The molecule has 0 aliphatic carbocycles. The van der Waals surface area contributed by atoms with Gasteiger partial charge in [0.2, 0.25) is 10.0 Å². The molecule has 2 aliphatic heterocycles. The fourth-order valence-corrected chi connectivity index (χ4v) is 5.30. The van der Waals surface area contributed by atoms with Gasteiger partial charge in [-0.05, 0) is 12.8 Å². The minimum absolute atomic E-state index is 0.285. The predicted molar refractivity (Wildman–Crippen MR) is 55.4 cm³/mol. The first kappa shape index (κ1) is 9.80. The Morgan fingerprint density at radius 3 is 2.15 bits per heavy atom. The van der Waals surface area contributed by atoms with Crippen LogP contribution < -0.4 is 0 Å². The van der Waals surface area contributed by atoms with E-state index in [2.05, 4.69) is 0 Å². The number of fused-ring (bicyclic) bond motifs is 2. The van der Waals surface area contributed by atoms with E-state index in [1.54, 1.807) is 4.31 Å². The minimum Gasteiger partial charge on any atom is -0.212 e. The fourth-order valence-electron chi connectivity index (χ4n) is 2.34. The summed E-state index contributed by atoms with van der Waals surface area (Å²) in [6.07, 6.45) is 4.64. The molecule has 2 atom stereocenters. The molecule has 0 radical (unpaired) electrons. The van der Waals surface area contributed by atoms with Crippen molar-refractivity contribution in [2.45, 2.75) is 31.3 Å². The number of thioether (sulfide) groups is 1. The summed E-state index contributed by atoms with van der Waals surface area (Å²) >= 11 is 1.90. The summed E-state index contributed by atoms with van der Waals surface area (Å²) in [5, 5.41) is 0. The lowest BCUT2D eigenvalue weighted by Gasteiger charge is -2.43. The molecule has 0 amide bonds. The van der Waals surface area contributed by atoms with E-state index >= 15 is 0 Å². The molecule has 2 unspecified atom stereocenters. The molecule has 76 valence electrons. The maximum atomic E-state index is 11.5. The average Bonchev–Trinajstić information content (AvgIpc) is 2.01. The third kappa shape index (κ3) is 1.87. The lowest BCUT2D eigenvalue weighted by Crippen LogP contribution is -2.54. The number of sulfonamides is 1. The van der Waals surface area contributed by atoms with Crippen LogP contribution >= 0.6 is 11.8 Å². The molecule has 2 rings (SSSR count). The second-order valence-electron chi connectivity index (χ2n) is 3.87.